The number of aromatic nitrogens is 3. The second-order valence-corrected chi connectivity index (χ2v) is 3.88. The molecule has 0 unspecified atom stereocenters. The highest BCUT2D eigenvalue weighted by molar-refractivity contribution is 7.10. The Morgan fingerprint density at radius 3 is 3.17 bits per heavy atom. The molecule has 2 heterocycles. The summed E-state index contributed by atoms with van der Waals surface area (Å²) in [5.74, 6) is 4.77. The van der Waals surface area contributed by atoms with Crippen molar-refractivity contribution in [2.24, 2.45) is 0 Å². The quantitative estimate of drug-likeness (QED) is 0.769. The van der Waals surface area contributed by atoms with Crippen LogP contribution in [0.15, 0.2) is 24.5 Å². The van der Waals surface area contributed by atoms with Gasteiger partial charge >= 0.3 is 0 Å². The Balaban J connectivity index is 2.24. The summed E-state index contributed by atoms with van der Waals surface area (Å²) in [6.07, 6.45) is 2.95. The SMILES string of the molecule is O=C(Nc1cnns1)c1ncccc1C#CCO. The van der Waals surface area contributed by atoms with E-state index in [9.17, 15) is 4.79 Å². The second kappa shape index (κ2) is 5.86. The lowest BCUT2D eigenvalue weighted by Crippen LogP contribution is -2.14. The summed E-state index contributed by atoms with van der Waals surface area (Å²) in [5, 5.41) is 15.4. The number of rotatable bonds is 2. The van der Waals surface area contributed by atoms with Gasteiger partial charge in [0.15, 0.2) is 0 Å². The molecule has 0 aliphatic rings. The van der Waals surface area contributed by atoms with E-state index in [1.165, 1.54) is 12.4 Å². The fourth-order valence-corrected chi connectivity index (χ4v) is 1.63. The van der Waals surface area contributed by atoms with Gasteiger partial charge in [-0.05, 0) is 12.1 Å². The van der Waals surface area contributed by atoms with Gasteiger partial charge in [-0.2, -0.15) is 0 Å². The first kappa shape index (κ1) is 12.2. The lowest BCUT2D eigenvalue weighted by atomic mass is 10.2. The smallest absolute Gasteiger partial charge is 0.276 e. The molecule has 0 spiro atoms. The summed E-state index contributed by atoms with van der Waals surface area (Å²) in [7, 11) is 0. The molecule has 0 saturated carbocycles. The molecule has 2 N–H and O–H groups in total. The standard InChI is InChI=1S/C11H8N4O2S/c16-6-2-4-8-3-1-5-12-10(8)11(17)14-9-7-13-15-18-9/h1,3,5,7,16H,6H2,(H,14,17). The van der Waals surface area contributed by atoms with Gasteiger partial charge in [-0.1, -0.05) is 16.3 Å². The van der Waals surface area contributed by atoms with Gasteiger partial charge < -0.3 is 10.4 Å². The van der Waals surface area contributed by atoms with Crippen LogP contribution >= 0.6 is 11.5 Å². The van der Waals surface area contributed by atoms with E-state index in [0.29, 0.717) is 10.6 Å². The maximum Gasteiger partial charge on any atom is 0.276 e. The fourth-order valence-electron chi connectivity index (χ4n) is 1.22. The van der Waals surface area contributed by atoms with Crippen LogP contribution in [0.5, 0.6) is 0 Å². The van der Waals surface area contributed by atoms with Gasteiger partial charge in [0.2, 0.25) is 0 Å². The average Bonchev–Trinajstić information content (AvgIpc) is 2.89. The number of aliphatic hydroxyl groups excluding tert-OH is 1. The van der Waals surface area contributed by atoms with Gasteiger partial charge in [-0.25, -0.2) is 4.98 Å². The monoisotopic (exact) mass is 260 g/mol. The molecular weight excluding hydrogens is 252 g/mol. The molecule has 6 nitrogen and oxygen atoms in total. The van der Waals surface area contributed by atoms with Crippen molar-refractivity contribution in [3.05, 3.63) is 35.8 Å². The first-order chi connectivity index (χ1) is 8.81. The summed E-state index contributed by atoms with van der Waals surface area (Å²) >= 11 is 1.07. The van der Waals surface area contributed by atoms with Crippen molar-refractivity contribution in [1.82, 2.24) is 14.6 Å². The van der Waals surface area contributed by atoms with E-state index in [1.807, 2.05) is 0 Å². The minimum atomic E-state index is -0.385. The zero-order chi connectivity index (χ0) is 12.8. The molecule has 0 aliphatic heterocycles. The zero-order valence-electron chi connectivity index (χ0n) is 9.12. The molecule has 0 saturated heterocycles. The first-order valence-corrected chi connectivity index (χ1v) is 5.72. The van der Waals surface area contributed by atoms with Crippen LogP contribution in [0.1, 0.15) is 16.1 Å². The Bertz CT molecular complexity index is 601. The van der Waals surface area contributed by atoms with E-state index in [0.717, 1.165) is 11.5 Å². The third-order valence-corrected chi connectivity index (χ3v) is 2.50. The molecule has 90 valence electrons. The van der Waals surface area contributed by atoms with E-state index in [2.05, 4.69) is 31.7 Å². The number of anilines is 1. The normalized spacial score (nSPS) is 9.39. The predicted molar refractivity (Wildman–Crippen MR) is 66.1 cm³/mol. The predicted octanol–water partition coefficient (Wildman–Crippen LogP) is 0.529. The van der Waals surface area contributed by atoms with Crippen molar-refractivity contribution in [2.75, 3.05) is 11.9 Å². The van der Waals surface area contributed by atoms with Gasteiger partial charge in [-0.3, -0.25) is 4.79 Å². The van der Waals surface area contributed by atoms with Gasteiger partial charge in [0, 0.05) is 17.7 Å². The highest BCUT2D eigenvalue weighted by atomic mass is 32.1. The van der Waals surface area contributed by atoms with Crippen molar-refractivity contribution in [3.8, 4) is 11.8 Å². The summed E-state index contributed by atoms with van der Waals surface area (Å²) < 4.78 is 3.64. The van der Waals surface area contributed by atoms with Crippen LogP contribution in [0.2, 0.25) is 0 Å². The third-order valence-electron chi connectivity index (χ3n) is 1.92. The highest BCUT2D eigenvalue weighted by Crippen LogP contribution is 2.12. The molecule has 0 atom stereocenters. The lowest BCUT2D eigenvalue weighted by molar-refractivity contribution is 0.102. The molecule has 0 radical (unpaired) electrons. The first-order valence-electron chi connectivity index (χ1n) is 4.94. The van der Waals surface area contributed by atoms with E-state index in [-0.39, 0.29) is 18.2 Å². The number of carbonyl (C=O) groups is 1. The van der Waals surface area contributed by atoms with Crippen molar-refractivity contribution in [1.29, 1.82) is 0 Å². The van der Waals surface area contributed by atoms with Gasteiger partial charge in [0.25, 0.3) is 5.91 Å². The van der Waals surface area contributed by atoms with Gasteiger partial charge in [0.1, 0.15) is 17.3 Å². The van der Waals surface area contributed by atoms with Gasteiger partial charge in [0.05, 0.1) is 11.8 Å². The van der Waals surface area contributed by atoms with Crippen molar-refractivity contribution in [2.45, 2.75) is 0 Å². The van der Waals surface area contributed by atoms with Crippen molar-refractivity contribution < 1.29 is 9.90 Å². The molecule has 2 rings (SSSR count). The van der Waals surface area contributed by atoms with Crippen LogP contribution in [0.3, 0.4) is 0 Å². The molecule has 0 aromatic carbocycles. The fraction of sp³-hybridized carbons (Fsp3) is 0.0909. The summed E-state index contributed by atoms with van der Waals surface area (Å²) in [4.78, 5) is 15.9. The second-order valence-electron chi connectivity index (χ2n) is 3.10. The maximum atomic E-state index is 11.9. The summed E-state index contributed by atoms with van der Waals surface area (Å²) in [6.45, 7) is -0.269. The van der Waals surface area contributed by atoms with Crippen LogP contribution in [0, 0.1) is 11.8 Å². The van der Waals surface area contributed by atoms with Crippen LogP contribution < -0.4 is 5.32 Å². The van der Waals surface area contributed by atoms with E-state index in [4.69, 9.17) is 5.11 Å². The molecule has 7 heteroatoms. The largest absolute Gasteiger partial charge is 0.384 e. The van der Waals surface area contributed by atoms with Crippen LogP contribution in [-0.4, -0.2) is 32.2 Å². The van der Waals surface area contributed by atoms with E-state index in [1.54, 1.807) is 12.1 Å². The van der Waals surface area contributed by atoms with Crippen molar-refractivity contribution in [3.63, 3.8) is 0 Å². The Labute approximate surface area is 107 Å². The van der Waals surface area contributed by atoms with E-state index >= 15 is 0 Å². The number of amides is 1. The van der Waals surface area contributed by atoms with Crippen LogP contribution in [-0.2, 0) is 0 Å². The molecule has 0 bridgehead atoms. The van der Waals surface area contributed by atoms with Gasteiger partial charge in [-0.15, -0.1) is 5.10 Å². The third kappa shape index (κ3) is 2.88. The molecule has 0 aliphatic carbocycles. The average molecular weight is 260 g/mol. The molecule has 18 heavy (non-hydrogen) atoms. The Morgan fingerprint density at radius 1 is 1.56 bits per heavy atom. The lowest BCUT2D eigenvalue weighted by Gasteiger charge is -2.02. The number of carbonyl (C=O) groups excluding carboxylic acids is 1. The minimum absolute atomic E-state index is 0.201. The van der Waals surface area contributed by atoms with Crippen LogP contribution in [0.4, 0.5) is 5.00 Å². The topological polar surface area (TPSA) is 88.0 Å². The molecule has 1 amide bonds. The van der Waals surface area contributed by atoms with E-state index < -0.39 is 0 Å². The maximum absolute atomic E-state index is 11.9. The minimum Gasteiger partial charge on any atom is -0.384 e. The van der Waals surface area contributed by atoms with Crippen molar-refractivity contribution >= 4 is 22.4 Å². The molecule has 0 fully saturated rings. The number of aliphatic hydroxyl groups is 1. The highest BCUT2D eigenvalue weighted by Gasteiger charge is 2.12. The number of pyridine rings is 1. The molecular formula is C11H8N4O2S. The summed E-state index contributed by atoms with van der Waals surface area (Å²) in [6, 6.07) is 3.34. The number of nitrogens with one attached hydrogen (secondary N) is 1. The number of hydrogen-bond donors (Lipinski definition) is 2. The zero-order valence-corrected chi connectivity index (χ0v) is 9.94. The Kier molecular flexibility index (Phi) is 3.96. The summed E-state index contributed by atoms with van der Waals surface area (Å²) in [5.41, 5.74) is 0.661. The Morgan fingerprint density at radius 2 is 2.44 bits per heavy atom. The Hall–Kier alpha value is -2.30. The number of nitrogens with zero attached hydrogens (tertiary/aromatic N) is 3. The molecule has 2 aromatic heterocycles. The molecule has 2 aromatic rings. The number of hydrogen-bond acceptors (Lipinski definition) is 6. The van der Waals surface area contributed by atoms with Crippen LogP contribution in [0.25, 0.3) is 0 Å².